The van der Waals surface area contributed by atoms with Gasteiger partial charge in [-0.25, -0.2) is 0 Å². The molecule has 2 heteroatoms. The lowest BCUT2D eigenvalue weighted by molar-refractivity contribution is 0.164. The normalized spacial score (nSPS) is 44.7. The SMILES string of the molecule is N#CCN1C2CCCCC2C2CCCC21. The van der Waals surface area contributed by atoms with E-state index in [9.17, 15) is 0 Å². The van der Waals surface area contributed by atoms with Crippen molar-refractivity contribution >= 4 is 0 Å². The first-order valence-corrected chi connectivity index (χ1v) is 6.54. The van der Waals surface area contributed by atoms with Gasteiger partial charge < -0.3 is 0 Å². The standard InChI is InChI=1S/C13H20N2/c14-8-9-15-12-6-2-1-4-10(12)11-5-3-7-13(11)15/h10-13H,1-7,9H2. The first-order valence-electron chi connectivity index (χ1n) is 6.54. The molecule has 4 unspecified atom stereocenters. The molecule has 3 fully saturated rings. The molecule has 15 heavy (non-hydrogen) atoms. The molecule has 0 bridgehead atoms. The smallest absolute Gasteiger partial charge is 0.0870 e. The summed E-state index contributed by atoms with van der Waals surface area (Å²) in [5, 5.41) is 8.95. The zero-order valence-electron chi connectivity index (χ0n) is 9.36. The molecule has 2 aliphatic carbocycles. The fourth-order valence-electron chi connectivity index (χ4n) is 4.49. The molecular formula is C13H20N2. The average molecular weight is 204 g/mol. The highest BCUT2D eigenvalue weighted by Crippen LogP contribution is 2.49. The van der Waals surface area contributed by atoms with Gasteiger partial charge in [-0.05, 0) is 37.5 Å². The number of nitriles is 1. The van der Waals surface area contributed by atoms with E-state index in [1.54, 1.807) is 0 Å². The molecule has 0 amide bonds. The highest BCUT2D eigenvalue weighted by atomic mass is 15.2. The Bertz CT molecular complexity index is 281. The van der Waals surface area contributed by atoms with Gasteiger partial charge in [-0.2, -0.15) is 5.26 Å². The summed E-state index contributed by atoms with van der Waals surface area (Å²) < 4.78 is 0. The van der Waals surface area contributed by atoms with Gasteiger partial charge in [0.05, 0.1) is 12.6 Å². The predicted molar refractivity (Wildman–Crippen MR) is 59.2 cm³/mol. The van der Waals surface area contributed by atoms with E-state index >= 15 is 0 Å². The van der Waals surface area contributed by atoms with Crippen LogP contribution in [0.3, 0.4) is 0 Å². The third kappa shape index (κ3) is 1.40. The van der Waals surface area contributed by atoms with Gasteiger partial charge in [0, 0.05) is 12.1 Å². The van der Waals surface area contributed by atoms with Crippen LogP contribution in [0.25, 0.3) is 0 Å². The van der Waals surface area contributed by atoms with Crippen LogP contribution in [0, 0.1) is 23.2 Å². The Hall–Kier alpha value is -0.550. The van der Waals surface area contributed by atoms with E-state index < -0.39 is 0 Å². The van der Waals surface area contributed by atoms with Gasteiger partial charge in [-0.15, -0.1) is 0 Å². The summed E-state index contributed by atoms with van der Waals surface area (Å²) in [5.41, 5.74) is 0. The summed E-state index contributed by atoms with van der Waals surface area (Å²) in [6, 6.07) is 3.93. The number of nitrogens with zero attached hydrogens (tertiary/aromatic N) is 2. The van der Waals surface area contributed by atoms with Gasteiger partial charge in [0.1, 0.15) is 0 Å². The molecule has 2 nitrogen and oxygen atoms in total. The largest absolute Gasteiger partial charge is 0.284 e. The Morgan fingerprint density at radius 1 is 0.933 bits per heavy atom. The molecule has 1 aliphatic heterocycles. The quantitative estimate of drug-likeness (QED) is 0.614. The zero-order valence-corrected chi connectivity index (χ0v) is 9.36. The molecule has 2 saturated carbocycles. The Kier molecular flexibility index (Phi) is 2.44. The predicted octanol–water partition coefficient (Wildman–Crippen LogP) is 2.55. The van der Waals surface area contributed by atoms with Crippen LogP contribution < -0.4 is 0 Å². The van der Waals surface area contributed by atoms with E-state index in [0.717, 1.165) is 23.9 Å². The molecule has 3 rings (SSSR count). The molecule has 1 heterocycles. The van der Waals surface area contributed by atoms with E-state index in [1.807, 2.05) is 0 Å². The molecule has 0 aromatic heterocycles. The zero-order chi connectivity index (χ0) is 10.3. The van der Waals surface area contributed by atoms with Crippen LogP contribution >= 0.6 is 0 Å². The van der Waals surface area contributed by atoms with E-state index in [4.69, 9.17) is 5.26 Å². The van der Waals surface area contributed by atoms with Crippen LogP contribution in [0.2, 0.25) is 0 Å². The maximum Gasteiger partial charge on any atom is 0.0870 e. The number of hydrogen-bond acceptors (Lipinski definition) is 2. The first kappa shape index (κ1) is 9.66. The molecular weight excluding hydrogens is 184 g/mol. The van der Waals surface area contributed by atoms with Gasteiger partial charge in [0.2, 0.25) is 0 Å². The molecule has 0 radical (unpaired) electrons. The summed E-state index contributed by atoms with van der Waals surface area (Å²) in [6.45, 7) is 0.683. The highest BCUT2D eigenvalue weighted by molar-refractivity contribution is 5.05. The van der Waals surface area contributed by atoms with Crippen molar-refractivity contribution in [3.63, 3.8) is 0 Å². The summed E-state index contributed by atoms with van der Waals surface area (Å²) in [5.74, 6) is 1.89. The molecule has 0 spiro atoms. The molecule has 0 aromatic rings. The van der Waals surface area contributed by atoms with Gasteiger partial charge in [0.25, 0.3) is 0 Å². The second-order valence-corrected chi connectivity index (χ2v) is 5.51. The second-order valence-electron chi connectivity index (χ2n) is 5.51. The third-order valence-electron chi connectivity index (χ3n) is 4.97. The number of likely N-dealkylation sites (tertiary alicyclic amines) is 1. The average Bonchev–Trinajstić information content (AvgIpc) is 2.82. The highest BCUT2D eigenvalue weighted by Gasteiger charge is 2.50. The van der Waals surface area contributed by atoms with E-state index in [1.165, 1.54) is 44.9 Å². The van der Waals surface area contributed by atoms with Crippen LogP contribution in [0.15, 0.2) is 0 Å². The number of hydrogen-bond donors (Lipinski definition) is 0. The minimum Gasteiger partial charge on any atom is -0.284 e. The first-order chi connectivity index (χ1) is 7.42. The van der Waals surface area contributed by atoms with Crippen LogP contribution in [0.5, 0.6) is 0 Å². The van der Waals surface area contributed by atoms with Gasteiger partial charge in [-0.1, -0.05) is 19.3 Å². The maximum absolute atomic E-state index is 8.95. The van der Waals surface area contributed by atoms with Crippen molar-refractivity contribution in [3.8, 4) is 6.07 Å². The Morgan fingerprint density at radius 3 is 2.27 bits per heavy atom. The van der Waals surface area contributed by atoms with Crippen LogP contribution in [0.1, 0.15) is 44.9 Å². The van der Waals surface area contributed by atoms with Crippen LogP contribution in [-0.4, -0.2) is 23.5 Å². The number of rotatable bonds is 1. The van der Waals surface area contributed by atoms with Gasteiger partial charge in [0.15, 0.2) is 0 Å². The van der Waals surface area contributed by atoms with Crippen molar-refractivity contribution in [2.75, 3.05) is 6.54 Å². The Morgan fingerprint density at radius 2 is 1.53 bits per heavy atom. The number of fused-ring (bicyclic) bond motifs is 3. The van der Waals surface area contributed by atoms with Crippen LogP contribution in [-0.2, 0) is 0 Å². The summed E-state index contributed by atoms with van der Waals surface area (Å²) in [7, 11) is 0. The maximum atomic E-state index is 8.95. The monoisotopic (exact) mass is 204 g/mol. The van der Waals surface area contributed by atoms with Crippen LogP contribution in [0.4, 0.5) is 0 Å². The summed E-state index contributed by atoms with van der Waals surface area (Å²) in [6.07, 6.45) is 9.83. The van der Waals surface area contributed by atoms with E-state index in [-0.39, 0.29) is 0 Å². The second kappa shape index (κ2) is 3.79. The van der Waals surface area contributed by atoms with Crippen molar-refractivity contribution in [1.29, 1.82) is 5.26 Å². The third-order valence-corrected chi connectivity index (χ3v) is 4.97. The minimum absolute atomic E-state index is 0.683. The van der Waals surface area contributed by atoms with Gasteiger partial charge in [-0.3, -0.25) is 4.90 Å². The minimum atomic E-state index is 0.683. The van der Waals surface area contributed by atoms with E-state index in [2.05, 4.69) is 11.0 Å². The summed E-state index contributed by atoms with van der Waals surface area (Å²) >= 11 is 0. The molecule has 0 N–H and O–H groups in total. The fourth-order valence-corrected chi connectivity index (χ4v) is 4.49. The van der Waals surface area contributed by atoms with Crippen molar-refractivity contribution in [1.82, 2.24) is 4.90 Å². The molecule has 1 saturated heterocycles. The fraction of sp³-hybridized carbons (Fsp3) is 0.923. The topological polar surface area (TPSA) is 27.0 Å². The molecule has 0 aromatic carbocycles. The molecule has 4 atom stereocenters. The van der Waals surface area contributed by atoms with Crippen molar-refractivity contribution in [3.05, 3.63) is 0 Å². The summed E-state index contributed by atoms with van der Waals surface area (Å²) in [4.78, 5) is 2.56. The molecule has 82 valence electrons. The lowest BCUT2D eigenvalue weighted by Crippen LogP contribution is -2.38. The lowest BCUT2D eigenvalue weighted by atomic mass is 9.79. The van der Waals surface area contributed by atoms with Crippen molar-refractivity contribution < 1.29 is 0 Å². The Labute approximate surface area is 92.3 Å². The Balaban J connectivity index is 1.84. The molecule has 3 aliphatic rings. The lowest BCUT2D eigenvalue weighted by Gasteiger charge is -2.32. The van der Waals surface area contributed by atoms with Crippen molar-refractivity contribution in [2.24, 2.45) is 11.8 Å². The van der Waals surface area contributed by atoms with E-state index in [0.29, 0.717) is 6.54 Å². The van der Waals surface area contributed by atoms with Crippen molar-refractivity contribution in [2.45, 2.75) is 57.0 Å². The van der Waals surface area contributed by atoms with Gasteiger partial charge >= 0.3 is 0 Å².